The predicted octanol–water partition coefficient (Wildman–Crippen LogP) is 3.34. The third-order valence-electron chi connectivity index (χ3n) is 5.49. The summed E-state index contributed by atoms with van der Waals surface area (Å²) in [6, 6.07) is 25.6. The minimum atomic E-state index is -0.0271. The van der Waals surface area contributed by atoms with Crippen molar-refractivity contribution >= 4 is 22.5 Å². The summed E-state index contributed by atoms with van der Waals surface area (Å²) >= 11 is 0. The average Bonchev–Trinajstić information content (AvgIpc) is 3.55. The van der Waals surface area contributed by atoms with Crippen molar-refractivity contribution in [2.45, 2.75) is 26.0 Å². The van der Waals surface area contributed by atoms with Gasteiger partial charge in [-0.15, -0.1) is 15.3 Å². The number of hydrogen-bond acceptors (Lipinski definition) is 6. The van der Waals surface area contributed by atoms with Gasteiger partial charge in [0.15, 0.2) is 5.82 Å². The van der Waals surface area contributed by atoms with Gasteiger partial charge in [0.25, 0.3) is 0 Å². The first kappa shape index (κ1) is 21.3. The molecular formula is C25H23N7O2. The summed E-state index contributed by atoms with van der Waals surface area (Å²) in [5.74, 6) is 0.413. The van der Waals surface area contributed by atoms with Crippen LogP contribution in [0.3, 0.4) is 0 Å². The Kier molecular flexibility index (Phi) is 6.24. The molecule has 5 rings (SSSR count). The number of aryl methyl sites for hydroxylation is 1. The standard InChI is InChI=1S/C25H23N7O2/c33-25(14-11-19-7-3-1-4-8-19)31(17-24-27-29-30-28-24)22-12-13-23-21(15-22)16-26-32(23)34-18-20-9-5-2-6-10-20/h1-10,12-13,15-16H,11,14,17-18H2,(H,27,28,29,30). The second kappa shape index (κ2) is 9.95. The van der Waals surface area contributed by atoms with Gasteiger partial charge in [-0.3, -0.25) is 4.79 Å². The number of anilines is 1. The van der Waals surface area contributed by atoms with Crippen molar-refractivity contribution in [2.75, 3.05) is 4.90 Å². The second-order valence-corrected chi connectivity index (χ2v) is 7.81. The number of carbonyl (C=O) groups is 1. The monoisotopic (exact) mass is 453 g/mol. The van der Waals surface area contributed by atoms with Crippen LogP contribution in [0.4, 0.5) is 5.69 Å². The zero-order valence-electron chi connectivity index (χ0n) is 18.4. The van der Waals surface area contributed by atoms with E-state index in [1.54, 1.807) is 11.1 Å². The van der Waals surface area contributed by atoms with Crippen molar-refractivity contribution in [1.29, 1.82) is 0 Å². The van der Waals surface area contributed by atoms with Crippen LogP contribution in [0.15, 0.2) is 85.1 Å². The van der Waals surface area contributed by atoms with Gasteiger partial charge in [-0.1, -0.05) is 70.7 Å². The van der Waals surface area contributed by atoms with Crippen LogP contribution in [0.25, 0.3) is 10.9 Å². The molecule has 2 heterocycles. The van der Waals surface area contributed by atoms with Gasteiger partial charge in [0.1, 0.15) is 12.1 Å². The minimum Gasteiger partial charge on any atom is -0.391 e. The van der Waals surface area contributed by atoms with E-state index >= 15 is 0 Å². The Balaban J connectivity index is 1.36. The largest absolute Gasteiger partial charge is 0.391 e. The smallest absolute Gasteiger partial charge is 0.227 e. The number of H-pyrrole nitrogens is 1. The van der Waals surface area contributed by atoms with Crippen molar-refractivity contribution in [3.63, 3.8) is 0 Å². The lowest BCUT2D eigenvalue weighted by atomic mass is 10.1. The zero-order valence-corrected chi connectivity index (χ0v) is 18.4. The first-order valence-electron chi connectivity index (χ1n) is 11.0. The van der Waals surface area contributed by atoms with E-state index in [0.29, 0.717) is 25.3 Å². The molecule has 34 heavy (non-hydrogen) atoms. The van der Waals surface area contributed by atoms with E-state index in [1.807, 2.05) is 78.9 Å². The van der Waals surface area contributed by atoms with Crippen LogP contribution in [-0.4, -0.2) is 36.5 Å². The van der Waals surface area contributed by atoms with E-state index in [2.05, 4.69) is 25.7 Å². The normalized spacial score (nSPS) is 10.9. The quantitative estimate of drug-likeness (QED) is 0.367. The first-order valence-corrected chi connectivity index (χ1v) is 11.0. The number of amides is 1. The Morgan fingerprint density at radius 2 is 1.74 bits per heavy atom. The van der Waals surface area contributed by atoms with Gasteiger partial charge in [0.2, 0.25) is 5.91 Å². The van der Waals surface area contributed by atoms with Crippen molar-refractivity contribution < 1.29 is 9.63 Å². The van der Waals surface area contributed by atoms with Crippen LogP contribution in [0.1, 0.15) is 23.4 Å². The number of aromatic nitrogens is 6. The molecule has 0 radical (unpaired) electrons. The third-order valence-corrected chi connectivity index (χ3v) is 5.49. The number of benzene rings is 3. The molecule has 0 aliphatic rings. The molecule has 0 fully saturated rings. The maximum absolute atomic E-state index is 13.2. The van der Waals surface area contributed by atoms with E-state index in [4.69, 9.17) is 4.84 Å². The summed E-state index contributed by atoms with van der Waals surface area (Å²) in [7, 11) is 0. The van der Waals surface area contributed by atoms with E-state index in [1.165, 1.54) is 4.85 Å². The van der Waals surface area contributed by atoms with Gasteiger partial charge in [-0.05, 0) is 35.7 Å². The number of rotatable bonds is 9. The number of tetrazole rings is 1. The Labute approximate surface area is 195 Å². The molecule has 0 spiro atoms. The van der Waals surface area contributed by atoms with Crippen LogP contribution >= 0.6 is 0 Å². The van der Waals surface area contributed by atoms with E-state index in [9.17, 15) is 4.79 Å². The van der Waals surface area contributed by atoms with Gasteiger partial charge < -0.3 is 9.74 Å². The topological polar surface area (TPSA) is 102 Å². The van der Waals surface area contributed by atoms with Gasteiger partial charge in [0, 0.05) is 17.5 Å². The summed E-state index contributed by atoms with van der Waals surface area (Å²) in [6.45, 7) is 0.621. The van der Waals surface area contributed by atoms with E-state index in [-0.39, 0.29) is 12.5 Å². The lowest BCUT2D eigenvalue weighted by Crippen LogP contribution is -2.31. The fourth-order valence-corrected chi connectivity index (χ4v) is 3.72. The molecule has 0 aliphatic heterocycles. The van der Waals surface area contributed by atoms with Crippen molar-refractivity contribution in [1.82, 2.24) is 30.6 Å². The van der Waals surface area contributed by atoms with Crippen molar-refractivity contribution in [2.24, 2.45) is 0 Å². The molecule has 5 aromatic rings. The molecule has 0 bridgehead atoms. The molecule has 0 saturated carbocycles. The molecule has 9 nitrogen and oxygen atoms in total. The highest BCUT2D eigenvalue weighted by Gasteiger charge is 2.19. The molecule has 2 aromatic heterocycles. The Morgan fingerprint density at radius 3 is 2.47 bits per heavy atom. The maximum atomic E-state index is 13.2. The summed E-state index contributed by atoms with van der Waals surface area (Å²) in [5, 5.41) is 19.3. The Bertz CT molecular complexity index is 1350. The number of carbonyl (C=O) groups excluding carboxylic acids is 1. The van der Waals surface area contributed by atoms with Crippen LogP contribution in [-0.2, 0) is 24.4 Å². The lowest BCUT2D eigenvalue weighted by molar-refractivity contribution is -0.118. The number of nitrogens with one attached hydrogen (secondary N) is 1. The second-order valence-electron chi connectivity index (χ2n) is 7.81. The molecule has 0 atom stereocenters. The fourth-order valence-electron chi connectivity index (χ4n) is 3.72. The predicted molar refractivity (Wildman–Crippen MR) is 127 cm³/mol. The van der Waals surface area contributed by atoms with Crippen molar-refractivity contribution in [3.8, 4) is 0 Å². The van der Waals surface area contributed by atoms with E-state index in [0.717, 1.165) is 27.7 Å². The highest BCUT2D eigenvalue weighted by atomic mass is 16.7. The number of hydrogen-bond donors (Lipinski definition) is 1. The highest BCUT2D eigenvalue weighted by Crippen LogP contribution is 2.24. The van der Waals surface area contributed by atoms with Gasteiger partial charge in [-0.25, -0.2) is 0 Å². The van der Waals surface area contributed by atoms with Crippen molar-refractivity contribution in [3.05, 3.63) is 102 Å². The number of fused-ring (bicyclic) bond motifs is 1. The Hall–Kier alpha value is -4.53. The van der Waals surface area contributed by atoms with Gasteiger partial charge in [0.05, 0.1) is 12.7 Å². The molecule has 1 N–H and O–H groups in total. The van der Waals surface area contributed by atoms with E-state index < -0.39 is 0 Å². The first-order chi connectivity index (χ1) is 16.8. The highest BCUT2D eigenvalue weighted by molar-refractivity contribution is 5.95. The number of nitrogens with zero attached hydrogens (tertiary/aromatic N) is 6. The third kappa shape index (κ3) is 4.93. The lowest BCUT2D eigenvalue weighted by Gasteiger charge is -2.21. The SMILES string of the molecule is O=C(CCc1ccccc1)N(Cc1nn[nH]n1)c1ccc2c(cnn2OCc2ccccc2)c1. The summed E-state index contributed by atoms with van der Waals surface area (Å²) < 4.78 is 0. The minimum absolute atomic E-state index is 0.0271. The fraction of sp³-hybridized carbons (Fsp3) is 0.160. The number of aromatic amines is 1. The maximum Gasteiger partial charge on any atom is 0.227 e. The molecule has 1 amide bonds. The molecule has 9 heteroatoms. The van der Waals surface area contributed by atoms with Crippen LogP contribution in [0.5, 0.6) is 0 Å². The molecule has 0 aliphatic carbocycles. The zero-order chi connectivity index (χ0) is 23.2. The molecule has 0 unspecified atom stereocenters. The summed E-state index contributed by atoms with van der Waals surface area (Å²) in [4.78, 5) is 22.3. The Morgan fingerprint density at radius 1 is 0.971 bits per heavy atom. The average molecular weight is 454 g/mol. The van der Waals surface area contributed by atoms with Crippen LogP contribution < -0.4 is 9.74 Å². The molecule has 3 aromatic carbocycles. The summed E-state index contributed by atoms with van der Waals surface area (Å²) in [6.07, 6.45) is 2.74. The van der Waals surface area contributed by atoms with Gasteiger partial charge in [-0.2, -0.15) is 5.21 Å². The molecular weight excluding hydrogens is 430 g/mol. The summed E-state index contributed by atoms with van der Waals surface area (Å²) in [5.41, 5.74) is 3.72. The van der Waals surface area contributed by atoms with Gasteiger partial charge >= 0.3 is 0 Å². The van der Waals surface area contributed by atoms with Crippen LogP contribution in [0.2, 0.25) is 0 Å². The molecule has 170 valence electrons. The molecule has 0 saturated heterocycles. The van der Waals surface area contributed by atoms with Crippen LogP contribution in [0, 0.1) is 0 Å².